The highest BCUT2D eigenvalue weighted by Gasteiger charge is 2.55. The minimum Gasteiger partial charge on any atom is -0.463 e. The molecule has 2 heterocycles. The first kappa shape index (κ1) is 15.6. The second-order valence-electron chi connectivity index (χ2n) is 6.35. The molecule has 0 spiro atoms. The molecule has 1 aliphatic heterocycles. The fourth-order valence-electron chi connectivity index (χ4n) is 3.67. The van der Waals surface area contributed by atoms with E-state index < -0.39 is 16.1 Å². The number of sulfonamides is 1. The third-order valence-corrected chi connectivity index (χ3v) is 5.46. The number of ether oxygens (including phenoxy) is 1. The summed E-state index contributed by atoms with van der Waals surface area (Å²) in [5.41, 5.74) is 1.09. The summed E-state index contributed by atoms with van der Waals surface area (Å²) in [6.45, 7) is 0.582. The van der Waals surface area contributed by atoms with Crippen molar-refractivity contribution >= 4 is 26.9 Å². The topological polar surface area (TPSA) is 97.6 Å². The number of furan rings is 1. The maximum atomic E-state index is 12.6. The highest BCUT2D eigenvalue weighted by Crippen LogP contribution is 2.39. The normalized spacial score (nSPS) is 29.2. The van der Waals surface area contributed by atoms with Crippen LogP contribution >= 0.6 is 0 Å². The number of benzene rings is 1. The van der Waals surface area contributed by atoms with Gasteiger partial charge in [-0.3, -0.25) is 4.79 Å². The third kappa shape index (κ3) is 2.60. The first-order chi connectivity index (χ1) is 11.4. The quantitative estimate of drug-likeness (QED) is 0.853. The van der Waals surface area contributed by atoms with Crippen LogP contribution in [0.1, 0.15) is 16.8 Å². The lowest BCUT2D eigenvalue weighted by molar-refractivity contribution is -0.0194. The van der Waals surface area contributed by atoms with Crippen molar-refractivity contribution in [1.29, 1.82) is 0 Å². The van der Waals surface area contributed by atoms with Gasteiger partial charge in [0.15, 0.2) is 0 Å². The van der Waals surface area contributed by atoms with E-state index in [0.717, 1.165) is 18.1 Å². The molecule has 24 heavy (non-hydrogen) atoms. The maximum absolute atomic E-state index is 12.6. The number of hydrogen-bond acceptors (Lipinski definition) is 5. The van der Waals surface area contributed by atoms with Gasteiger partial charge in [-0.2, -0.15) is 0 Å². The molecule has 1 aromatic carbocycles. The van der Waals surface area contributed by atoms with Gasteiger partial charge >= 0.3 is 0 Å². The summed E-state index contributed by atoms with van der Waals surface area (Å²) in [5, 5.41) is 3.69. The lowest BCUT2D eigenvalue weighted by Crippen LogP contribution is -2.70. The largest absolute Gasteiger partial charge is 0.463 e. The number of nitrogens with one attached hydrogen (secondary N) is 2. The van der Waals surface area contributed by atoms with Crippen LogP contribution in [0.4, 0.5) is 0 Å². The molecule has 128 valence electrons. The average Bonchev–Trinajstić information content (AvgIpc) is 3.14. The van der Waals surface area contributed by atoms with Gasteiger partial charge < -0.3 is 14.5 Å². The van der Waals surface area contributed by atoms with Crippen LogP contribution in [0, 0.1) is 5.92 Å². The van der Waals surface area contributed by atoms with Gasteiger partial charge in [-0.1, -0.05) is 18.2 Å². The Balaban J connectivity index is 1.56. The van der Waals surface area contributed by atoms with E-state index in [1.54, 1.807) is 6.07 Å². The Morgan fingerprint density at radius 3 is 2.83 bits per heavy atom. The van der Waals surface area contributed by atoms with Gasteiger partial charge in [-0.05, 0) is 12.5 Å². The Kier molecular flexibility index (Phi) is 3.63. The minimum absolute atomic E-state index is 0.131. The first-order valence-electron chi connectivity index (χ1n) is 7.80. The number of rotatable bonds is 4. The first-order valence-corrected chi connectivity index (χ1v) is 9.69. The van der Waals surface area contributed by atoms with Crippen molar-refractivity contribution in [3.63, 3.8) is 0 Å². The second-order valence-corrected chi connectivity index (χ2v) is 8.13. The molecule has 0 bridgehead atoms. The Bertz CT molecular complexity index is 891. The summed E-state index contributed by atoms with van der Waals surface area (Å²) in [7, 11) is -3.38. The summed E-state index contributed by atoms with van der Waals surface area (Å²) in [6.07, 6.45) is 3.17. The van der Waals surface area contributed by atoms with Crippen LogP contribution in [0.25, 0.3) is 11.0 Å². The van der Waals surface area contributed by atoms with E-state index in [9.17, 15) is 13.2 Å². The molecular weight excluding hydrogens is 332 g/mol. The van der Waals surface area contributed by atoms with E-state index in [4.69, 9.17) is 9.15 Å². The van der Waals surface area contributed by atoms with E-state index in [-0.39, 0.29) is 24.0 Å². The van der Waals surface area contributed by atoms with Gasteiger partial charge in [0.1, 0.15) is 11.8 Å². The molecule has 8 heteroatoms. The number of fused-ring (bicyclic) bond motifs is 2. The zero-order valence-electron chi connectivity index (χ0n) is 13.1. The molecule has 1 saturated carbocycles. The smallest absolute Gasteiger partial charge is 0.255 e. The molecule has 1 aliphatic carbocycles. The van der Waals surface area contributed by atoms with Gasteiger partial charge in [0.2, 0.25) is 10.0 Å². The summed E-state index contributed by atoms with van der Waals surface area (Å²) in [6, 6.07) is 6.58. The van der Waals surface area contributed by atoms with Crippen LogP contribution in [0.2, 0.25) is 0 Å². The maximum Gasteiger partial charge on any atom is 0.255 e. The van der Waals surface area contributed by atoms with Crippen LogP contribution in [0.5, 0.6) is 0 Å². The number of carbonyl (C=O) groups excluding carboxylic acids is 1. The highest BCUT2D eigenvalue weighted by molar-refractivity contribution is 7.88. The number of hydrogen-bond donors (Lipinski definition) is 2. The monoisotopic (exact) mass is 350 g/mol. The van der Waals surface area contributed by atoms with Gasteiger partial charge in [0.25, 0.3) is 5.91 Å². The molecule has 4 rings (SSSR count). The molecule has 7 nitrogen and oxygen atoms in total. The van der Waals surface area contributed by atoms with Crippen molar-refractivity contribution < 1.29 is 22.4 Å². The molecule has 2 aliphatic rings. The summed E-state index contributed by atoms with van der Waals surface area (Å²) in [5.74, 6) is -0.137. The number of amides is 1. The molecule has 4 atom stereocenters. The Morgan fingerprint density at radius 1 is 1.25 bits per heavy atom. The van der Waals surface area contributed by atoms with E-state index in [1.807, 2.05) is 18.2 Å². The Morgan fingerprint density at radius 2 is 2.04 bits per heavy atom. The molecular formula is C16H18N2O5S. The predicted octanol–water partition coefficient (Wildman–Crippen LogP) is 0.868. The van der Waals surface area contributed by atoms with Crippen molar-refractivity contribution in [3.8, 4) is 0 Å². The molecule has 2 fully saturated rings. The molecule has 0 radical (unpaired) electrons. The highest BCUT2D eigenvalue weighted by atomic mass is 32.2. The summed E-state index contributed by atoms with van der Waals surface area (Å²) in [4.78, 5) is 12.6. The molecule has 0 unspecified atom stereocenters. The van der Waals surface area contributed by atoms with E-state index in [0.29, 0.717) is 17.8 Å². The number of carbonyl (C=O) groups is 1. The van der Waals surface area contributed by atoms with E-state index in [2.05, 4.69) is 10.0 Å². The molecule has 1 amide bonds. The van der Waals surface area contributed by atoms with Gasteiger partial charge in [-0.15, -0.1) is 0 Å². The molecule has 2 aromatic rings. The zero-order chi connectivity index (χ0) is 16.9. The lowest BCUT2D eigenvalue weighted by atomic mass is 9.72. The number of para-hydroxylation sites is 1. The van der Waals surface area contributed by atoms with Crippen molar-refractivity contribution in [2.75, 3.05) is 12.9 Å². The van der Waals surface area contributed by atoms with Crippen LogP contribution < -0.4 is 10.0 Å². The zero-order valence-corrected chi connectivity index (χ0v) is 13.9. The molecule has 1 saturated heterocycles. The minimum atomic E-state index is -3.38. The second kappa shape index (κ2) is 5.58. The van der Waals surface area contributed by atoms with E-state index >= 15 is 0 Å². The third-order valence-electron chi connectivity index (χ3n) is 4.76. The SMILES string of the molecule is CS(=O)(=O)N[C@@H]1[C@@H](NC(=O)c2coc3ccccc23)[C@H]2CCO[C@H]21. The summed E-state index contributed by atoms with van der Waals surface area (Å²) >= 11 is 0. The van der Waals surface area contributed by atoms with Crippen LogP contribution in [0.3, 0.4) is 0 Å². The van der Waals surface area contributed by atoms with Crippen LogP contribution in [0.15, 0.2) is 34.9 Å². The standard InChI is InChI=1S/C16H18N2O5S/c1-24(20,21)18-14-13(10-6-7-22-15(10)14)17-16(19)11-8-23-12-5-3-2-4-9(11)12/h2-5,8,10,13-15,18H,6-7H2,1H3,(H,17,19)/t10-,13+,14-,15-/m1/s1. The van der Waals surface area contributed by atoms with E-state index in [1.165, 1.54) is 6.26 Å². The van der Waals surface area contributed by atoms with Crippen molar-refractivity contribution in [2.24, 2.45) is 5.92 Å². The van der Waals surface area contributed by atoms with Crippen molar-refractivity contribution in [1.82, 2.24) is 10.0 Å². The molecule has 1 aromatic heterocycles. The van der Waals surface area contributed by atoms with Gasteiger partial charge in [0.05, 0.1) is 30.0 Å². The van der Waals surface area contributed by atoms with Crippen molar-refractivity contribution in [2.45, 2.75) is 24.6 Å². The van der Waals surface area contributed by atoms with Gasteiger partial charge in [-0.25, -0.2) is 13.1 Å². The predicted molar refractivity (Wildman–Crippen MR) is 87.1 cm³/mol. The fraction of sp³-hybridized carbons (Fsp3) is 0.438. The van der Waals surface area contributed by atoms with Crippen molar-refractivity contribution in [3.05, 3.63) is 36.1 Å². The average molecular weight is 350 g/mol. The van der Waals surface area contributed by atoms with Crippen LogP contribution in [-0.4, -0.2) is 45.4 Å². The van der Waals surface area contributed by atoms with Gasteiger partial charge in [0, 0.05) is 17.9 Å². The lowest BCUT2D eigenvalue weighted by Gasteiger charge is -2.47. The molecule has 2 N–H and O–H groups in total. The Hall–Kier alpha value is -1.90. The fourth-order valence-corrected chi connectivity index (χ4v) is 4.45. The Labute approximate surface area is 139 Å². The summed E-state index contributed by atoms with van der Waals surface area (Å²) < 4.78 is 36.7. The van der Waals surface area contributed by atoms with Crippen LogP contribution in [-0.2, 0) is 14.8 Å².